The molecule has 1 heterocycles. The van der Waals surface area contributed by atoms with Crippen molar-refractivity contribution in [3.63, 3.8) is 0 Å². The van der Waals surface area contributed by atoms with Gasteiger partial charge in [0.05, 0.1) is 10.7 Å². The second kappa shape index (κ2) is 7.64. The van der Waals surface area contributed by atoms with Gasteiger partial charge in [0.1, 0.15) is 5.54 Å². The monoisotopic (exact) mass is 349 g/mol. The van der Waals surface area contributed by atoms with Crippen molar-refractivity contribution in [2.24, 2.45) is 5.92 Å². The predicted octanol–water partition coefficient (Wildman–Crippen LogP) is 2.73. The molecule has 2 saturated carbocycles. The molecule has 0 saturated heterocycles. The normalized spacial score (nSPS) is 19.2. The summed E-state index contributed by atoms with van der Waals surface area (Å²) in [4.78, 5) is 29.4. The van der Waals surface area contributed by atoms with E-state index in [0.717, 1.165) is 55.8 Å². The summed E-state index contributed by atoms with van der Waals surface area (Å²) >= 11 is 1.64. The van der Waals surface area contributed by atoms with Crippen molar-refractivity contribution < 1.29 is 9.59 Å². The van der Waals surface area contributed by atoms with Crippen molar-refractivity contribution in [2.75, 3.05) is 6.54 Å². The number of aryl methyl sites for hydroxylation is 2. The first kappa shape index (κ1) is 17.4. The Morgan fingerprint density at radius 1 is 1.33 bits per heavy atom. The van der Waals surface area contributed by atoms with Gasteiger partial charge in [-0.2, -0.15) is 0 Å². The van der Waals surface area contributed by atoms with E-state index in [0.29, 0.717) is 12.3 Å². The molecule has 2 amide bonds. The van der Waals surface area contributed by atoms with Gasteiger partial charge in [0.25, 0.3) is 0 Å². The summed E-state index contributed by atoms with van der Waals surface area (Å²) in [6, 6.07) is 0. The van der Waals surface area contributed by atoms with E-state index in [1.807, 2.05) is 6.92 Å². The minimum Gasteiger partial charge on any atom is -0.354 e. The largest absolute Gasteiger partial charge is 0.354 e. The summed E-state index contributed by atoms with van der Waals surface area (Å²) < 4.78 is 0. The Morgan fingerprint density at radius 2 is 2.08 bits per heavy atom. The number of hydrogen-bond acceptors (Lipinski definition) is 4. The molecule has 2 aliphatic rings. The van der Waals surface area contributed by atoms with Crippen molar-refractivity contribution in [2.45, 2.75) is 70.3 Å². The molecule has 2 aliphatic carbocycles. The first-order valence-electron chi connectivity index (χ1n) is 9.08. The summed E-state index contributed by atoms with van der Waals surface area (Å²) in [5.41, 5.74) is 0.395. The third kappa shape index (κ3) is 4.56. The summed E-state index contributed by atoms with van der Waals surface area (Å²) in [5, 5.41) is 9.23. The minimum absolute atomic E-state index is 0.00887. The lowest BCUT2D eigenvalue weighted by Crippen LogP contribution is -2.57. The first-order valence-corrected chi connectivity index (χ1v) is 9.96. The zero-order valence-electron chi connectivity index (χ0n) is 14.4. The highest BCUT2D eigenvalue weighted by molar-refractivity contribution is 7.09. The van der Waals surface area contributed by atoms with Gasteiger partial charge >= 0.3 is 0 Å². The van der Waals surface area contributed by atoms with Crippen LogP contribution in [0.1, 0.15) is 62.1 Å². The highest BCUT2D eigenvalue weighted by Crippen LogP contribution is 2.31. The van der Waals surface area contributed by atoms with Crippen LogP contribution in [0.3, 0.4) is 0 Å². The van der Waals surface area contributed by atoms with Crippen LogP contribution in [0.2, 0.25) is 0 Å². The maximum atomic E-state index is 12.6. The number of nitrogens with one attached hydrogen (secondary N) is 2. The minimum atomic E-state index is -0.663. The van der Waals surface area contributed by atoms with Crippen LogP contribution in [-0.2, 0) is 16.0 Å². The van der Waals surface area contributed by atoms with Crippen LogP contribution in [0.25, 0.3) is 0 Å². The van der Waals surface area contributed by atoms with Crippen LogP contribution in [0.4, 0.5) is 0 Å². The fourth-order valence-corrected chi connectivity index (χ4v) is 4.05. The predicted molar refractivity (Wildman–Crippen MR) is 94.9 cm³/mol. The lowest BCUT2D eigenvalue weighted by atomic mass is 9.95. The van der Waals surface area contributed by atoms with E-state index in [2.05, 4.69) is 21.0 Å². The Labute approximate surface area is 147 Å². The van der Waals surface area contributed by atoms with Gasteiger partial charge in [0, 0.05) is 18.3 Å². The van der Waals surface area contributed by atoms with Crippen molar-refractivity contribution in [3.05, 3.63) is 16.1 Å². The molecule has 6 heteroatoms. The molecule has 0 bridgehead atoms. The molecule has 0 aromatic carbocycles. The van der Waals surface area contributed by atoms with Crippen LogP contribution in [0.15, 0.2) is 5.38 Å². The summed E-state index contributed by atoms with van der Waals surface area (Å²) in [7, 11) is 0. The Kier molecular flexibility index (Phi) is 5.54. The SMILES string of the molecule is Cc1nc(CCCC(=O)NC2(C(=O)NCC3CC3)CCCC2)cs1. The van der Waals surface area contributed by atoms with E-state index in [4.69, 9.17) is 0 Å². The van der Waals surface area contributed by atoms with Gasteiger partial charge in [-0.15, -0.1) is 11.3 Å². The quantitative estimate of drug-likeness (QED) is 0.758. The van der Waals surface area contributed by atoms with Crippen molar-refractivity contribution in [1.82, 2.24) is 15.6 Å². The van der Waals surface area contributed by atoms with Gasteiger partial charge in [0.2, 0.25) is 11.8 Å². The van der Waals surface area contributed by atoms with Crippen molar-refractivity contribution >= 4 is 23.2 Å². The second-order valence-corrected chi connectivity index (χ2v) is 8.26. The van der Waals surface area contributed by atoms with E-state index < -0.39 is 5.54 Å². The molecule has 0 unspecified atom stereocenters. The van der Waals surface area contributed by atoms with Gasteiger partial charge in [0.15, 0.2) is 0 Å². The average molecular weight is 350 g/mol. The van der Waals surface area contributed by atoms with Crippen LogP contribution >= 0.6 is 11.3 Å². The average Bonchev–Trinajstić information content (AvgIpc) is 3.11. The topological polar surface area (TPSA) is 71.1 Å². The highest BCUT2D eigenvalue weighted by atomic mass is 32.1. The third-order valence-electron chi connectivity index (χ3n) is 5.02. The second-order valence-electron chi connectivity index (χ2n) is 7.20. The lowest BCUT2D eigenvalue weighted by molar-refractivity contribution is -0.133. The fourth-order valence-electron chi connectivity index (χ4n) is 3.40. The number of carbonyl (C=O) groups is 2. The zero-order chi connectivity index (χ0) is 17.0. The lowest BCUT2D eigenvalue weighted by Gasteiger charge is -2.29. The molecule has 132 valence electrons. The maximum absolute atomic E-state index is 12.6. The van der Waals surface area contributed by atoms with Gasteiger partial charge in [-0.1, -0.05) is 12.8 Å². The Morgan fingerprint density at radius 3 is 2.71 bits per heavy atom. The number of thiazole rings is 1. The zero-order valence-corrected chi connectivity index (χ0v) is 15.2. The van der Waals surface area contributed by atoms with E-state index in [9.17, 15) is 9.59 Å². The molecule has 0 radical (unpaired) electrons. The number of carbonyl (C=O) groups excluding carboxylic acids is 2. The Hall–Kier alpha value is -1.43. The van der Waals surface area contributed by atoms with Crippen LogP contribution < -0.4 is 10.6 Å². The number of rotatable bonds is 8. The standard InChI is InChI=1S/C18H27N3O2S/c1-13-20-15(12-24-13)5-4-6-16(22)21-18(9-2-3-10-18)17(23)19-11-14-7-8-14/h12,14H,2-11H2,1H3,(H,19,23)(H,21,22). The summed E-state index contributed by atoms with van der Waals surface area (Å²) in [5.74, 6) is 0.672. The molecule has 3 rings (SSSR count). The highest BCUT2D eigenvalue weighted by Gasteiger charge is 2.42. The van der Waals surface area contributed by atoms with Crippen LogP contribution in [0.5, 0.6) is 0 Å². The number of hydrogen-bond donors (Lipinski definition) is 2. The molecule has 2 fully saturated rings. The summed E-state index contributed by atoms with van der Waals surface area (Å²) in [6.45, 7) is 2.75. The smallest absolute Gasteiger partial charge is 0.245 e. The first-order chi connectivity index (χ1) is 11.6. The number of aromatic nitrogens is 1. The molecule has 1 aromatic rings. The van der Waals surface area contributed by atoms with E-state index >= 15 is 0 Å². The van der Waals surface area contributed by atoms with Gasteiger partial charge in [-0.3, -0.25) is 9.59 Å². The Balaban J connectivity index is 1.46. The Bertz CT molecular complexity index is 589. The molecule has 2 N–H and O–H groups in total. The van der Waals surface area contributed by atoms with Crippen LogP contribution in [0, 0.1) is 12.8 Å². The fraction of sp³-hybridized carbons (Fsp3) is 0.722. The van der Waals surface area contributed by atoms with Gasteiger partial charge in [-0.05, 0) is 51.4 Å². The molecule has 0 spiro atoms. The molecule has 1 aromatic heterocycles. The number of nitrogens with zero attached hydrogens (tertiary/aromatic N) is 1. The molecular formula is C18H27N3O2S. The molecule has 24 heavy (non-hydrogen) atoms. The van der Waals surface area contributed by atoms with E-state index in [1.165, 1.54) is 12.8 Å². The maximum Gasteiger partial charge on any atom is 0.245 e. The van der Waals surface area contributed by atoms with Crippen molar-refractivity contribution in [1.29, 1.82) is 0 Å². The molecule has 5 nitrogen and oxygen atoms in total. The van der Waals surface area contributed by atoms with Gasteiger partial charge < -0.3 is 10.6 Å². The molecular weight excluding hydrogens is 322 g/mol. The van der Waals surface area contributed by atoms with Crippen molar-refractivity contribution in [3.8, 4) is 0 Å². The third-order valence-corrected chi connectivity index (χ3v) is 5.84. The molecule has 0 aliphatic heterocycles. The van der Waals surface area contributed by atoms with Gasteiger partial charge in [-0.25, -0.2) is 4.98 Å². The molecule has 0 atom stereocenters. The number of amides is 2. The van der Waals surface area contributed by atoms with E-state index in [-0.39, 0.29) is 11.8 Å². The van der Waals surface area contributed by atoms with E-state index in [1.54, 1.807) is 11.3 Å². The van der Waals surface area contributed by atoms with Crippen LogP contribution in [-0.4, -0.2) is 28.9 Å². The summed E-state index contributed by atoms with van der Waals surface area (Å²) in [6.07, 6.45) is 8.03.